The number of furan rings is 1. The summed E-state index contributed by atoms with van der Waals surface area (Å²) in [7, 11) is 0. The van der Waals surface area contributed by atoms with Crippen molar-refractivity contribution in [2.24, 2.45) is 0 Å². The topological polar surface area (TPSA) is 53.7 Å². The fraction of sp³-hybridized carbons (Fsp3) is 0.667. The molecule has 1 aliphatic heterocycles. The van der Waals surface area contributed by atoms with Gasteiger partial charge in [0.2, 0.25) is 5.76 Å². The van der Waals surface area contributed by atoms with E-state index in [1.165, 1.54) is 32.1 Å². The molecule has 0 bridgehead atoms. The molecule has 2 heterocycles. The van der Waals surface area contributed by atoms with Gasteiger partial charge < -0.3 is 9.52 Å². The van der Waals surface area contributed by atoms with Crippen LogP contribution < -0.4 is 0 Å². The quantitative estimate of drug-likeness (QED) is 0.886. The number of carboxylic acids is 1. The number of carboxylic acid groups (broad SMARTS) is 1. The molecule has 4 heteroatoms. The number of aromatic carboxylic acids is 1. The Balaban J connectivity index is 2.08. The third-order valence-electron chi connectivity index (χ3n) is 3.98. The molecule has 1 N–H and O–H groups in total. The summed E-state index contributed by atoms with van der Waals surface area (Å²) in [6.45, 7) is 5.99. The smallest absolute Gasteiger partial charge is 0.371 e. The van der Waals surface area contributed by atoms with E-state index < -0.39 is 5.97 Å². The summed E-state index contributed by atoms with van der Waals surface area (Å²) in [5.74, 6) is -0.201. The molecule has 1 fully saturated rings. The molecule has 0 aromatic carbocycles. The zero-order chi connectivity index (χ0) is 13.8. The first-order valence-electron chi connectivity index (χ1n) is 7.18. The monoisotopic (exact) mass is 265 g/mol. The predicted molar refractivity (Wildman–Crippen MR) is 73.4 cm³/mol. The second kappa shape index (κ2) is 6.24. The van der Waals surface area contributed by atoms with Gasteiger partial charge in [-0.1, -0.05) is 19.8 Å². The minimum absolute atomic E-state index is 0.0524. The lowest BCUT2D eigenvalue weighted by atomic mass is 9.97. The Morgan fingerprint density at radius 3 is 2.95 bits per heavy atom. The highest BCUT2D eigenvalue weighted by Gasteiger charge is 2.23. The summed E-state index contributed by atoms with van der Waals surface area (Å²) < 4.78 is 5.29. The highest BCUT2D eigenvalue weighted by Crippen LogP contribution is 2.25. The fourth-order valence-corrected chi connectivity index (χ4v) is 2.93. The van der Waals surface area contributed by atoms with Gasteiger partial charge in [0.1, 0.15) is 5.76 Å². The first kappa shape index (κ1) is 14.1. The third-order valence-corrected chi connectivity index (χ3v) is 3.98. The van der Waals surface area contributed by atoms with Gasteiger partial charge >= 0.3 is 5.97 Å². The third kappa shape index (κ3) is 3.38. The van der Waals surface area contributed by atoms with E-state index in [0.29, 0.717) is 6.04 Å². The lowest BCUT2D eigenvalue weighted by Gasteiger charge is -2.35. The molecule has 1 saturated heterocycles. The van der Waals surface area contributed by atoms with Crippen LogP contribution in [0.15, 0.2) is 10.5 Å². The van der Waals surface area contributed by atoms with Crippen LogP contribution >= 0.6 is 0 Å². The van der Waals surface area contributed by atoms with Gasteiger partial charge in [-0.25, -0.2) is 4.79 Å². The Morgan fingerprint density at radius 1 is 1.53 bits per heavy atom. The zero-order valence-electron chi connectivity index (χ0n) is 11.8. The standard InChI is InChI=1S/C15H23NO3/c1-3-6-13-7-4-5-8-16(13)10-12-9-14(15(17)18)19-11(12)2/h9,13H,3-8,10H2,1-2H3,(H,17,18). The van der Waals surface area contributed by atoms with E-state index in [1.54, 1.807) is 6.07 Å². The summed E-state index contributed by atoms with van der Waals surface area (Å²) in [6.07, 6.45) is 6.24. The number of hydrogen-bond acceptors (Lipinski definition) is 3. The van der Waals surface area contributed by atoms with Crippen LogP contribution in [0.4, 0.5) is 0 Å². The van der Waals surface area contributed by atoms with Crippen LogP contribution in [-0.4, -0.2) is 28.6 Å². The molecule has 0 spiro atoms. The van der Waals surface area contributed by atoms with E-state index in [2.05, 4.69) is 11.8 Å². The number of piperidine rings is 1. The first-order chi connectivity index (χ1) is 9.11. The van der Waals surface area contributed by atoms with Crippen LogP contribution in [0.5, 0.6) is 0 Å². The van der Waals surface area contributed by atoms with Crippen molar-refractivity contribution < 1.29 is 14.3 Å². The first-order valence-corrected chi connectivity index (χ1v) is 7.18. The van der Waals surface area contributed by atoms with Gasteiger partial charge in [-0.05, 0) is 38.8 Å². The van der Waals surface area contributed by atoms with Crippen LogP contribution in [0.3, 0.4) is 0 Å². The number of carbonyl (C=O) groups is 1. The lowest BCUT2D eigenvalue weighted by molar-refractivity contribution is 0.0661. The molecular formula is C15H23NO3. The fourth-order valence-electron chi connectivity index (χ4n) is 2.93. The average molecular weight is 265 g/mol. The van der Waals surface area contributed by atoms with Crippen molar-refractivity contribution in [3.8, 4) is 0 Å². The number of rotatable bonds is 5. The van der Waals surface area contributed by atoms with Gasteiger partial charge in [0.15, 0.2) is 0 Å². The molecule has 4 nitrogen and oxygen atoms in total. The second-order valence-corrected chi connectivity index (χ2v) is 5.41. The average Bonchev–Trinajstić information content (AvgIpc) is 2.74. The molecule has 1 aliphatic rings. The van der Waals surface area contributed by atoms with Crippen molar-refractivity contribution in [2.45, 2.75) is 58.5 Å². The van der Waals surface area contributed by atoms with E-state index in [9.17, 15) is 4.79 Å². The van der Waals surface area contributed by atoms with Crippen LogP contribution in [-0.2, 0) is 6.54 Å². The minimum atomic E-state index is -0.988. The van der Waals surface area contributed by atoms with Crippen molar-refractivity contribution in [1.82, 2.24) is 4.90 Å². The molecule has 106 valence electrons. The maximum Gasteiger partial charge on any atom is 0.371 e. The Hall–Kier alpha value is -1.29. The lowest BCUT2D eigenvalue weighted by Crippen LogP contribution is -2.38. The predicted octanol–water partition coefficient (Wildman–Crippen LogP) is 3.44. The van der Waals surface area contributed by atoms with Crippen LogP contribution in [0.2, 0.25) is 0 Å². The second-order valence-electron chi connectivity index (χ2n) is 5.41. The van der Waals surface area contributed by atoms with Crippen molar-refractivity contribution >= 4 is 5.97 Å². The number of hydrogen-bond donors (Lipinski definition) is 1. The van der Waals surface area contributed by atoms with Gasteiger partial charge in [-0.2, -0.15) is 0 Å². The van der Waals surface area contributed by atoms with E-state index >= 15 is 0 Å². The van der Waals surface area contributed by atoms with Crippen molar-refractivity contribution in [3.63, 3.8) is 0 Å². The number of aryl methyl sites for hydroxylation is 1. The van der Waals surface area contributed by atoms with E-state index in [4.69, 9.17) is 9.52 Å². The van der Waals surface area contributed by atoms with Crippen molar-refractivity contribution in [1.29, 1.82) is 0 Å². The zero-order valence-corrected chi connectivity index (χ0v) is 11.8. The SMILES string of the molecule is CCCC1CCCCN1Cc1cc(C(=O)O)oc1C. The Labute approximate surface area is 114 Å². The molecule has 1 atom stereocenters. The molecule has 0 saturated carbocycles. The molecular weight excluding hydrogens is 242 g/mol. The summed E-state index contributed by atoms with van der Waals surface area (Å²) in [5, 5.41) is 8.96. The van der Waals surface area contributed by atoms with E-state index in [1.807, 2.05) is 6.92 Å². The summed E-state index contributed by atoms with van der Waals surface area (Å²) in [4.78, 5) is 13.4. The molecule has 0 aliphatic carbocycles. The van der Waals surface area contributed by atoms with Gasteiger partial charge in [0.25, 0.3) is 0 Å². The minimum Gasteiger partial charge on any atom is -0.475 e. The van der Waals surface area contributed by atoms with Crippen molar-refractivity contribution in [3.05, 3.63) is 23.2 Å². The van der Waals surface area contributed by atoms with Gasteiger partial charge in [-0.3, -0.25) is 4.90 Å². The Bertz CT molecular complexity index is 437. The van der Waals surface area contributed by atoms with Crippen molar-refractivity contribution in [2.75, 3.05) is 6.54 Å². The maximum atomic E-state index is 10.9. The van der Waals surface area contributed by atoms with Gasteiger partial charge in [0, 0.05) is 18.2 Å². The van der Waals surface area contributed by atoms with Crippen LogP contribution in [0, 0.1) is 6.92 Å². The summed E-state index contributed by atoms with van der Waals surface area (Å²) in [6, 6.07) is 2.32. The molecule has 1 aromatic rings. The van der Waals surface area contributed by atoms with Crippen LogP contribution in [0.1, 0.15) is 60.9 Å². The molecule has 1 aromatic heterocycles. The summed E-state index contributed by atoms with van der Waals surface area (Å²) in [5.41, 5.74) is 1.01. The van der Waals surface area contributed by atoms with Gasteiger partial charge in [0.05, 0.1) is 0 Å². The molecule has 2 rings (SSSR count). The Morgan fingerprint density at radius 2 is 2.32 bits per heavy atom. The normalized spacial score (nSPS) is 20.6. The molecule has 1 unspecified atom stereocenters. The van der Waals surface area contributed by atoms with E-state index in [0.717, 1.165) is 24.4 Å². The number of nitrogens with zero attached hydrogens (tertiary/aromatic N) is 1. The largest absolute Gasteiger partial charge is 0.475 e. The van der Waals surface area contributed by atoms with E-state index in [-0.39, 0.29) is 5.76 Å². The van der Waals surface area contributed by atoms with Gasteiger partial charge in [-0.15, -0.1) is 0 Å². The molecule has 0 amide bonds. The highest BCUT2D eigenvalue weighted by molar-refractivity contribution is 5.84. The Kier molecular flexibility index (Phi) is 4.64. The molecule has 0 radical (unpaired) electrons. The summed E-state index contributed by atoms with van der Waals surface area (Å²) >= 11 is 0. The highest BCUT2D eigenvalue weighted by atomic mass is 16.4. The molecule has 19 heavy (non-hydrogen) atoms. The maximum absolute atomic E-state index is 10.9. The number of likely N-dealkylation sites (tertiary alicyclic amines) is 1. The van der Waals surface area contributed by atoms with Crippen LogP contribution in [0.25, 0.3) is 0 Å².